The number of carbonyl (C=O) groups excluding carboxylic acids is 1. The van der Waals surface area contributed by atoms with Crippen LogP contribution in [0.4, 0.5) is 0 Å². The summed E-state index contributed by atoms with van der Waals surface area (Å²) in [5.41, 5.74) is 4.21. The van der Waals surface area contributed by atoms with Crippen molar-refractivity contribution in [2.45, 2.75) is 32.2 Å². The van der Waals surface area contributed by atoms with Crippen LogP contribution in [0.5, 0.6) is 0 Å². The Bertz CT molecular complexity index is 930. The average Bonchev–Trinajstić information content (AvgIpc) is 3.34. The first-order valence-corrected chi connectivity index (χ1v) is 8.38. The quantitative estimate of drug-likeness (QED) is 0.760. The molecule has 0 aliphatic heterocycles. The van der Waals surface area contributed by atoms with Crippen LogP contribution in [0.2, 0.25) is 5.02 Å². The topological polar surface area (TPSA) is 70.7 Å². The zero-order valence-electron chi connectivity index (χ0n) is 13.3. The van der Waals surface area contributed by atoms with Crippen LogP contribution in [0.3, 0.4) is 0 Å². The van der Waals surface area contributed by atoms with Gasteiger partial charge in [0, 0.05) is 22.0 Å². The van der Waals surface area contributed by atoms with E-state index >= 15 is 0 Å². The third-order valence-corrected chi connectivity index (χ3v) is 4.53. The predicted molar refractivity (Wildman–Crippen MR) is 93.2 cm³/mol. The Morgan fingerprint density at radius 2 is 2.17 bits per heavy atom. The molecule has 1 fully saturated rings. The Hall–Kier alpha value is -2.40. The molecular weight excluding hydrogens is 324 g/mol. The lowest BCUT2D eigenvalue weighted by Crippen LogP contribution is -2.24. The highest BCUT2D eigenvalue weighted by Crippen LogP contribution is 2.40. The van der Waals surface area contributed by atoms with Crippen LogP contribution in [-0.4, -0.2) is 21.1 Å². The van der Waals surface area contributed by atoms with Crippen molar-refractivity contribution < 1.29 is 4.79 Å². The summed E-state index contributed by atoms with van der Waals surface area (Å²) in [6.07, 6.45) is 2.22. The van der Waals surface area contributed by atoms with Crippen molar-refractivity contribution in [1.82, 2.24) is 20.5 Å². The van der Waals surface area contributed by atoms with E-state index in [0.717, 1.165) is 40.8 Å². The fraction of sp³-hybridized carbons (Fsp3) is 0.278. The van der Waals surface area contributed by atoms with Crippen LogP contribution >= 0.6 is 11.6 Å². The number of nitrogens with one attached hydrogen (secondary N) is 2. The van der Waals surface area contributed by atoms with Crippen molar-refractivity contribution in [1.29, 1.82) is 0 Å². The smallest absolute Gasteiger partial charge is 0.253 e. The Morgan fingerprint density at radius 1 is 1.33 bits per heavy atom. The fourth-order valence-corrected chi connectivity index (χ4v) is 3.04. The van der Waals surface area contributed by atoms with Gasteiger partial charge in [0.25, 0.3) is 5.91 Å². The fourth-order valence-electron chi connectivity index (χ4n) is 2.87. The van der Waals surface area contributed by atoms with Crippen LogP contribution in [0.1, 0.15) is 46.2 Å². The summed E-state index contributed by atoms with van der Waals surface area (Å²) in [4.78, 5) is 17.2. The van der Waals surface area contributed by atoms with Gasteiger partial charge in [-0.2, -0.15) is 5.10 Å². The summed E-state index contributed by atoms with van der Waals surface area (Å²) in [7, 11) is 0. The maximum Gasteiger partial charge on any atom is 0.253 e. The molecule has 2 aromatic heterocycles. The molecule has 2 heterocycles. The first-order chi connectivity index (χ1) is 11.6. The monoisotopic (exact) mass is 340 g/mol. The molecule has 1 saturated carbocycles. The van der Waals surface area contributed by atoms with Crippen LogP contribution in [0, 0.1) is 6.92 Å². The number of pyridine rings is 1. The molecule has 1 aliphatic carbocycles. The molecule has 4 rings (SSSR count). The molecule has 0 radical (unpaired) electrons. The molecule has 0 atom stereocenters. The van der Waals surface area contributed by atoms with Crippen molar-refractivity contribution in [2.24, 2.45) is 0 Å². The summed E-state index contributed by atoms with van der Waals surface area (Å²) >= 11 is 6.05. The zero-order valence-corrected chi connectivity index (χ0v) is 14.0. The van der Waals surface area contributed by atoms with Crippen LogP contribution in [0.15, 0.2) is 30.3 Å². The van der Waals surface area contributed by atoms with Gasteiger partial charge in [0.1, 0.15) is 0 Å². The molecule has 1 aliphatic rings. The summed E-state index contributed by atoms with van der Waals surface area (Å²) in [5, 5.41) is 11.7. The first kappa shape index (κ1) is 15.1. The number of rotatable bonds is 4. The van der Waals surface area contributed by atoms with Gasteiger partial charge in [-0.15, -0.1) is 0 Å². The number of halogens is 1. The maximum atomic E-state index is 12.6. The second kappa shape index (κ2) is 5.91. The molecule has 2 N–H and O–H groups in total. The van der Waals surface area contributed by atoms with Gasteiger partial charge in [0.15, 0.2) is 0 Å². The number of aromatic amines is 1. The van der Waals surface area contributed by atoms with Crippen molar-refractivity contribution in [3.8, 4) is 0 Å². The molecule has 24 heavy (non-hydrogen) atoms. The standard InChI is InChI=1S/C18H17ClN4O/c1-10-2-6-13(17(21-10)11-3-4-11)18(24)20-9-16-14-8-12(19)5-7-15(14)22-23-16/h2,5-8,11H,3-4,9H2,1H3,(H,20,24)(H,22,23). The predicted octanol–water partition coefficient (Wildman–Crippen LogP) is 3.73. The van der Waals surface area contributed by atoms with Gasteiger partial charge >= 0.3 is 0 Å². The molecule has 0 saturated heterocycles. The molecule has 122 valence electrons. The molecule has 0 spiro atoms. The van der Waals surface area contributed by atoms with E-state index in [-0.39, 0.29) is 5.91 Å². The first-order valence-electron chi connectivity index (χ1n) is 8.00. The van der Waals surface area contributed by atoms with Crippen LogP contribution in [-0.2, 0) is 6.54 Å². The second-order valence-electron chi connectivity index (χ2n) is 6.21. The molecule has 6 heteroatoms. The van der Waals surface area contributed by atoms with E-state index in [1.807, 2.05) is 31.2 Å². The molecule has 0 unspecified atom stereocenters. The Balaban J connectivity index is 1.55. The molecule has 3 aromatic rings. The minimum atomic E-state index is -0.103. The Morgan fingerprint density at radius 3 is 2.96 bits per heavy atom. The van der Waals surface area contributed by atoms with Gasteiger partial charge in [-0.25, -0.2) is 0 Å². The summed E-state index contributed by atoms with van der Waals surface area (Å²) in [5.74, 6) is 0.326. The van der Waals surface area contributed by atoms with Crippen molar-refractivity contribution in [3.63, 3.8) is 0 Å². The number of hydrogen-bond donors (Lipinski definition) is 2. The van der Waals surface area contributed by atoms with Crippen LogP contribution < -0.4 is 5.32 Å². The number of hydrogen-bond acceptors (Lipinski definition) is 3. The van der Waals surface area contributed by atoms with E-state index < -0.39 is 0 Å². The Labute approximate surface area is 144 Å². The normalized spacial score (nSPS) is 14.1. The third-order valence-electron chi connectivity index (χ3n) is 4.29. The van der Waals surface area contributed by atoms with Crippen molar-refractivity contribution in [3.05, 3.63) is 58.0 Å². The maximum absolute atomic E-state index is 12.6. The van der Waals surface area contributed by atoms with Gasteiger partial charge < -0.3 is 5.32 Å². The number of carbonyl (C=O) groups is 1. The third kappa shape index (κ3) is 2.87. The average molecular weight is 341 g/mol. The van der Waals surface area contributed by atoms with E-state index in [1.165, 1.54) is 0 Å². The van der Waals surface area contributed by atoms with Gasteiger partial charge in [0.05, 0.1) is 29.0 Å². The highest BCUT2D eigenvalue weighted by atomic mass is 35.5. The van der Waals surface area contributed by atoms with Gasteiger partial charge in [-0.1, -0.05) is 11.6 Å². The SMILES string of the molecule is Cc1ccc(C(=O)NCc2[nH]nc3ccc(Cl)cc23)c(C2CC2)n1. The lowest BCUT2D eigenvalue weighted by Gasteiger charge is -2.09. The largest absolute Gasteiger partial charge is 0.346 e. The zero-order chi connectivity index (χ0) is 16.7. The van der Waals surface area contributed by atoms with Gasteiger partial charge in [-0.3, -0.25) is 14.9 Å². The summed E-state index contributed by atoms with van der Waals surface area (Å²) in [6, 6.07) is 9.26. The number of aryl methyl sites for hydroxylation is 1. The number of benzene rings is 1. The second-order valence-corrected chi connectivity index (χ2v) is 6.64. The lowest BCUT2D eigenvalue weighted by molar-refractivity contribution is 0.0949. The van der Waals surface area contributed by atoms with E-state index in [1.54, 1.807) is 6.07 Å². The lowest BCUT2D eigenvalue weighted by atomic mass is 10.1. The Kier molecular flexibility index (Phi) is 3.73. The van der Waals surface area contributed by atoms with E-state index in [4.69, 9.17) is 11.6 Å². The van der Waals surface area contributed by atoms with Crippen molar-refractivity contribution >= 4 is 28.4 Å². The molecule has 0 bridgehead atoms. The summed E-state index contributed by atoms with van der Waals surface area (Å²) < 4.78 is 0. The van der Waals surface area contributed by atoms with Gasteiger partial charge in [-0.05, 0) is 50.1 Å². The number of aromatic nitrogens is 3. The highest BCUT2D eigenvalue weighted by molar-refractivity contribution is 6.31. The summed E-state index contributed by atoms with van der Waals surface area (Å²) in [6.45, 7) is 2.32. The van der Waals surface area contributed by atoms with E-state index in [9.17, 15) is 4.79 Å². The number of H-pyrrole nitrogens is 1. The molecule has 1 aromatic carbocycles. The van der Waals surface area contributed by atoms with E-state index in [0.29, 0.717) is 23.0 Å². The number of fused-ring (bicyclic) bond motifs is 1. The number of amides is 1. The highest BCUT2D eigenvalue weighted by Gasteiger charge is 2.29. The molecule has 1 amide bonds. The number of nitrogens with zero attached hydrogens (tertiary/aromatic N) is 2. The minimum absolute atomic E-state index is 0.103. The minimum Gasteiger partial charge on any atom is -0.346 e. The van der Waals surface area contributed by atoms with Gasteiger partial charge in [0.2, 0.25) is 0 Å². The molecular formula is C18H17ClN4O. The van der Waals surface area contributed by atoms with Crippen LogP contribution in [0.25, 0.3) is 10.9 Å². The van der Waals surface area contributed by atoms with Crippen molar-refractivity contribution in [2.75, 3.05) is 0 Å². The molecule has 5 nitrogen and oxygen atoms in total. The van der Waals surface area contributed by atoms with E-state index in [2.05, 4.69) is 20.5 Å².